The molecule has 2 nitrogen and oxygen atoms in total. The molecule has 0 heterocycles. The molecule has 0 aliphatic heterocycles. The molecule has 2 aromatic carbocycles. The third-order valence-electron chi connectivity index (χ3n) is 5.66. The molecule has 1 N–H and O–H groups in total. The Hall–Kier alpha value is -1.82. The molecule has 2 aromatic rings. The van der Waals surface area contributed by atoms with Gasteiger partial charge < -0.3 is 10.0 Å². The highest BCUT2D eigenvalue weighted by atomic mass is 35.5. The van der Waals surface area contributed by atoms with Gasteiger partial charge in [0.2, 0.25) is 0 Å². The molecule has 1 fully saturated rings. The van der Waals surface area contributed by atoms with Crippen molar-refractivity contribution in [1.82, 2.24) is 4.90 Å². The van der Waals surface area contributed by atoms with Gasteiger partial charge in [-0.2, -0.15) is 0 Å². The largest absolute Gasteiger partial charge is 0.380 e. The van der Waals surface area contributed by atoms with Crippen LogP contribution in [0.3, 0.4) is 0 Å². The van der Waals surface area contributed by atoms with Crippen LogP contribution in [0.25, 0.3) is 6.08 Å². The number of halogens is 4. The first kappa shape index (κ1) is 21.9. The molecular weight excluding hydrogens is 399 g/mol. The standard InChI is InChI=1S/C23H25ClF3NO/c1-14-21(26)19(12-20(25)22(14)27)23(29)16(5-4-6-17(23)13-28(2)3)11-15-7-9-18(24)10-8-15/h7-12,17,29H,4-6,13H2,1-3H3. The molecular formula is C23H25ClF3NO. The van der Waals surface area contributed by atoms with E-state index in [0.29, 0.717) is 30.0 Å². The number of hydrogen-bond acceptors (Lipinski definition) is 2. The van der Waals surface area contributed by atoms with Crippen molar-refractivity contribution in [2.24, 2.45) is 5.92 Å². The molecule has 3 rings (SSSR count). The van der Waals surface area contributed by atoms with E-state index in [-0.39, 0.29) is 11.5 Å². The van der Waals surface area contributed by atoms with Crippen molar-refractivity contribution in [1.29, 1.82) is 0 Å². The van der Waals surface area contributed by atoms with Gasteiger partial charge in [-0.25, -0.2) is 13.2 Å². The maximum absolute atomic E-state index is 15.1. The van der Waals surface area contributed by atoms with Gasteiger partial charge in [0.15, 0.2) is 11.6 Å². The zero-order chi connectivity index (χ0) is 21.3. The summed E-state index contributed by atoms with van der Waals surface area (Å²) in [6.45, 7) is 1.67. The van der Waals surface area contributed by atoms with Crippen molar-refractivity contribution in [3.8, 4) is 0 Å². The van der Waals surface area contributed by atoms with E-state index < -0.39 is 28.6 Å². The van der Waals surface area contributed by atoms with E-state index in [9.17, 15) is 13.9 Å². The second-order valence-corrected chi connectivity index (χ2v) is 8.43. The molecule has 2 unspecified atom stereocenters. The quantitative estimate of drug-likeness (QED) is 0.638. The van der Waals surface area contributed by atoms with Crippen LogP contribution in [0.4, 0.5) is 13.2 Å². The average Bonchev–Trinajstić information content (AvgIpc) is 2.67. The molecule has 1 aliphatic carbocycles. The van der Waals surface area contributed by atoms with Crippen molar-refractivity contribution in [3.63, 3.8) is 0 Å². The highest BCUT2D eigenvalue weighted by Crippen LogP contribution is 2.48. The molecule has 156 valence electrons. The van der Waals surface area contributed by atoms with Crippen LogP contribution < -0.4 is 0 Å². The van der Waals surface area contributed by atoms with Gasteiger partial charge in [0.05, 0.1) is 0 Å². The lowest BCUT2D eigenvalue weighted by Gasteiger charge is -2.44. The van der Waals surface area contributed by atoms with Crippen LogP contribution in [0.1, 0.15) is 36.0 Å². The van der Waals surface area contributed by atoms with Gasteiger partial charge in [-0.3, -0.25) is 0 Å². The highest BCUT2D eigenvalue weighted by Gasteiger charge is 2.46. The van der Waals surface area contributed by atoms with Gasteiger partial charge in [-0.15, -0.1) is 0 Å². The Morgan fingerprint density at radius 1 is 1.17 bits per heavy atom. The van der Waals surface area contributed by atoms with E-state index in [1.54, 1.807) is 30.3 Å². The molecule has 0 spiro atoms. The summed E-state index contributed by atoms with van der Waals surface area (Å²) in [4.78, 5) is 1.91. The van der Waals surface area contributed by atoms with Gasteiger partial charge in [-0.05, 0) is 69.6 Å². The summed E-state index contributed by atoms with van der Waals surface area (Å²) in [5, 5.41) is 12.5. The minimum Gasteiger partial charge on any atom is -0.380 e. The Labute approximate surface area is 174 Å². The summed E-state index contributed by atoms with van der Waals surface area (Å²) in [6.07, 6.45) is 3.78. The van der Waals surface area contributed by atoms with Crippen molar-refractivity contribution in [2.45, 2.75) is 31.8 Å². The van der Waals surface area contributed by atoms with E-state index in [0.717, 1.165) is 18.1 Å². The van der Waals surface area contributed by atoms with Gasteiger partial charge in [0, 0.05) is 28.6 Å². The van der Waals surface area contributed by atoms with E-state index in [1.165, 1.54) is 6.92 Å². The Bertz CT molecular complexity index is 927. The van der Waals surface area contributed by atoms with Crippen molar-refractivity contribution in [3.05, 3.63) is 75.1 Å². The number of nitrogens with zero attached hydrogens (tertiary/aromatic N) is 1. The van der Waals surface area contributed by atoms with Crippen molar-refractivity contribution in [2.75, 3.05) is 20.6 Å². The molecule has 0 bridgehead atoms. The lowest BCUT2D eigenvalue weighted by Crippen LogP contribution is -2.45. The SMILES string of the molecule is Cc1c(F)c(F)cc(C2(O)C(=Cc3ccc(Cl)cc3)CCCC2CN(C)C)c1F. The topological polar surface area (TPSA) is 23.5 Å². The van der Waals surface area contributed by atoms with Crippen LogP contribution in [0, 0.1) is 30.3 Å². The van der Waals surface area contributed by atoms with E-state index in [1.807, 2.05) is 19.0 Å². The van der Waals surface area contributed by atoms with Crippen LogP contribution in [0.15, 0.2) is 35.9 Å². The van der Waals surface area contributed by atoms with Gasteiger partial charge in [-0.1, -0.05) is 29.8 Å². The average molecular weight is 424 g/mol. The summed E-state index contributed by atoms with van der Waals surface area (Å²) < 4.78 is 43.3. The number of aliphatic hydroxyl groups is 1. The van der Waals surface area contributed by atoms with Crippen LogP contribution >= 0.6 is 11.6 Å². The molecule has 0 saturated heterocycles. The first-order valence-electron chi connectivity index (χ1n) is 9.62. The Morgan fingerprint density at radius 2 is 1.83 bits per heavy atom. The number of rotatable bonds is 4. The number of hydrogen-bond donors (Lipinski definition) is 1. The molecule has 0 amide bonds. The Balaban J connectivity index is 2.21. The normalized spacial score (nSPS) is 23.8. The zero-order valence-electron chi connectivity index (χ0n) is 16.8. The fraction of sp³-hybridized carbons (Fsp3) is 0.391. The van der Waals surface area contributed by atoms with Crippen molar-refractivity contribution >= 4 is 17.7 Å². The van der Waals surface area contributed by atoms with E-state index in [2.05, 4.69) is 0 Å². The number of benzene rings is 2. The monoisotopic (exact) mass is 423 g/mol. The maximum atomic E-state index is 15.1. The maximum Gasteiger partial charge on any atom is 0.164 e. The lowest BCUT2D eigenvalue weighted by atomic mass is 9.67. The first-order chi connectivity index (χ1) is 13.6. The Morgan fingerprint density at radius 3 is 2.45 bits per heavy atom. The Kier molecular flexibility index (Phi) is 6.42. The summed E-state index contributed by atoms with van der Waals surface area (Å²) in [7, 11) is 3.73. The predicted octanol–water partition coefficient (Wildman–Crippen LogP) is 5.70. The lowest BCUT2D eigenvalue weighted by molar-refractivity contribution is -0.0205. The summed E-state index contributed by atoms with van der Waals surface area (Å²) in [6, 6.07) is 7.88. The third kappa shape index (κ3) is 4.23. The first-order valence-corrected chi connectivity index (χ1v) is 10.0. The van der Waals surface area contributed by atoms with Gasteiger partial charge >= 0.3 is 0 Å². The molecule has 2 atom stereocenters. The van der Waals surface area contributed by atoms with Crippen LogP contribution in [-0.4, -0.2) is 30.6 Å². The fourth-order valence-corrected chi connectivity index (χ4v) is 4.33. The summed E-state index contributed by atoms with van der Waals surface area (Å²) in [5.74, 6) is -3.66. The second kappa shape index (κ2) is 8.50. The smallest absolute Gasteiger partial charge is 0.164 e. The molecule has 29 heavy (non-hydrogen) atoms. The third-order valence-corrected chi connectivity index (χ3v) is 5.91. The molecule has 6 heteroatoms. The summed E-state index contributed by atoms with van der Waals surface area (Å²) in [5.41, 5.74) is -0.990. The van der Waals surface area contributed by atoms with E-state index >= 15 is 4.39 Å². The van der Waals surface area contributed by atoms with E-state index in [4.69, 9.17) is 11.6 Å². The molecule has 0 aromatic heterocycles. The van der Waals surface area contributed by atoms with Crippen LogP contribution in [0.2, 0.25) is 5.02 Å². The van der Waals surface area contributed by atoms with Crippen LogP contribution in [-0.2, 0) is 5.60 Å². The fourth-order valence-electron chi connectivity index (χ4n) is 4.21. The van der Waals surface area contributed by atoms with Gasteiger partial charge in [0.1, 0.15) is 11.4 Å². The molecule has 1 saturated carbocycles. The molecule has 1 aliphatic rings. The highest BCUT2D eigenvalue weighted by molar-refractivity contribution is 6.30. The minimum atomic E-state index is -1.74. The summed E-state index contributed by atoms with van der Waals surface area (Å²) >= 11 is 5.95. The molecule has 0 radical (unpaired) electrons. The van der Waals surface area contributed by atoms with Crippen LogP contribution in [0.5, 0.6) is 0 Å². The zero-order valence-corrected chi connectivity index (χ0v) is 17.5. The minimum absolute atomic E-state index is 0.208. The second-order valence-electron chi connectivity index (χ2n) is 8.00. The van der Waals surface area contributed by atoms with Crippen molar-refractivity contribution < 1.29 is 18.3 Å². The predicted molar refractivity (Wildman–Crippen MR) is 110 cm³/mol. The van der Waals surface area contributed by atoms with Gasteiger partial charge in [0.25, 0.3) is 0 Å².